The summed E-state index contributed by atoms with van der Waals surface area (Å²) in [5.74, 6) is 0.917. The number of carbonyl (C=O) groups is 1. The monoisotopic (exact) mass is 458 g/mol. The van der Waals surface area contributed by atoms with Crippen molar-refractivity contribution in [3.05, 3.63) is 35.4 Å². The Morgan fingerprint density at radius 1 is 1.28 bits per heavy atom. The molecule has 140 valence electrons. The number of carbonyl (C=O) groups excluding carboxylic acids is 1. The van der Waals surface area contributed by atoms with E-state index < -0.39 is 0 Å². The molecule has 0 radical (unpaired) electrons. The first-order valence-corrected chi connectivity index (χ1v) is 8.99. The predicted molar refractivity (Wildman–Crippen MR) is 114 cm³/mol. The highest BCUT2D eigenvalue weighted by Gasteiger charge is 2.20. The highest BCUT2D eigenvalue weighted by molar-refractivity contribution is 14.0. The lowest BCUT2D eigenvalue weighted by molar-refractivity contribution is -0.130. The summed E-state index contributed by atoms with van der Waals surface area (Å²) in [5, 5.41) is 3.27. The maximum absolute atomic E-state index is 12.5. The molecular weight excluding hydrogens is 427 g/mol. The van der Waals surface area contributed by atoms with Gasteiger partial charge in [-0.1, -0.05) is 37.6 Å². The van der Waals surface area contributed by atoms with Gasteiger partial charge in [-0.2, -0.15) is 0 Å². The van der Waals surface area contributed by atoms with E-state index >= 15 is 0 Å². The van der Waals surface area contributed by atoms with Crippen molar-refractivity contribution in [3.8, 4) is 0 Å². The Bertz CT molecular complexity index is 576. The summed E-state index contributed by atoms with van der Waals surface area (Å²) < 4.78 is 0. The van der Waals surface area contributed by atoms with Gasteiger partial charge >= 0.3 is 0 Å². The molecule has 2 rings (SSSR count). The molecule has 25 heavy (non-hydrogen) atoms. The predicted octanol–water partition coefficient (Wildman–Crippen LogP) is 2.89. The van der Waals surface area contributed by atoms with Crippen LogP contribution in [0.5, 0.6) is 0 Å². The van der Waals surface area contributed by atoms with Gasteiger partial charge in [0.2, 0.25) is 5.91 Å². The summed E-state index contributed by atoms with van der Waals surface area (Å²) >= 11 is 0. The highest BCUT2D eigenvalue weighted by atomic mass is 127. The third kappa shape index (κ3) is 6.49. The van der Waals surface area contributed by atoms with Gasteiger partial charge in [0.25, 0.3) is 0 Å². The summed E-state index contributed by atoms with van der Waals surface area (Å²) in [7, 11) is 2.03. The van der Waals surface area contributed by atoms with E-state index in [0.29, 0.717) is 6.54 Å². The minimum Gasteiger partial charge on any atom is -0.357 e. The van der Waals surface area contributed by atoms with E-state index in [9.17, 15) is 4.79 Å². The number of unbranched alkanes of at least 4 members (excludes halogenated alkanes) is 1. The minimum atomic E-state index is 0. The zero-order valence-electron chi connectivity index (χ0n) is 15.6. The molecule has 1 aromatic carbocycles. The molecule has 1 heterocycles. The third-order valence-corrected chi connectivity index (χ3v) is 4.39. The minimum absolute atomic E-state index is 0. The van der Waals surface area contributed by atoms with Crippen LogP contribution in [-0.4, -0.2) is 54.9 Å². The van der Waals surface area contributed by atoms with Crippen LogP contribution in [0.2, 0.25) is 0 Å². The van der Waals surface area contributed by atoms with Crippen LogP contribution in [0, 0.1) is 0 Å². The second-order valence-electron chi connectivity index (χ2n) is 6.28. The van der Waals surface area contributed by atoms with Gasteiger partial charge in [-0.15, -0.1) is 24.0 Å². The van der Waals surface area contributed by atoms with Crippen LogP contribution in [0.1, 0.15) is 37.8 Å². The fourth-order valence-electron chi connectivity index (χ4n) is 2.92. The number of nitrogens with one attached hydrogen (secondary N) is 1. The lowest BCUT2D eigenvalue weighted by Gasteiger charge is -2.28. The maximum Gasteiger partial charge on any atom is 0.244 e. The summed E-state index contributed by atoms with van der Waals surface area (Å²) in [6, 6.07) is 8.37. The van der Waals surface area contributed by atoms with Crippen molar-refractivity contribution in [2.75, 3.05) is 33.2 Å². The molecule has 0 aliphatic carbocycles. The van der Waals surface area contributed by atoms with Gasteiger partial charge in [0, 0.05) is 33.2 Å². The number of nitrogens with zero attached hydrogens (tertiary/aromatic N) is 3. The standard InChI is InChI=1S/C19H30N4O.HI/c1-4-6-12-22(3)19(20-5-2)21-14-18(24)23-13-11-16-9-7-8-10-17(16)15-23;/h7-10H,4-6,11-15H2,1-3H3,(H,20,21);1H. The van der Waals surface area contributed by atoms with Gasteiger partial charge < -0.3 is 15.1 Å². The van der Waals surface area contributed by atoms with Crippen molar-refractivity contribution in [3.63, 3.8) is 0 Å². The number of fused-ring (bicyclic) bond motifs is 1. The lowest BCUT2D eigenvalue weighted by Crippen LogP contribution is -2.41. The number of aliphatic imine (C=N–C) groups is 1. The molecule has 0 saturated heterocycles. The zero-order valence-corrected chi connectivity index (χ0v) is 18.0. The van der Waals surface area contributed by atoms with E-state index in [1.807, 2.05) is 24.9 Å². The molecule has 0 unspecified atom stereocenters. The first kappa shape index (κ1) is 21.7. The molecule has 1 aliphatic heterocycles. The maximum atomic E-state index is 12.5. The van der Waals surface area contributed by atoms with E-state index in [4.69, 9.17) is 0 Å². The van der Waals surface area contributed by atoms with E-state index in [-0.39, 0.29) is 36.4 Å². The van der Waals surface area contributed by atoms with Gasteiger partial charge in [-0.25, -0.2) is 4.99 Å². The first-order chi connectivity index (χ1) is 11.7. The molecule has 0 spiro atoms. The van der Waals surface area contributed by atoms with Gasteiger partial charge in [0.1, 0.15) is 6.54 Å². The molecule has 0 fully saturated rings. The van der Waals surface area contributed by atoms with Gasteiger partial charge in [-0.3, -0.25) is 4.79 Å². The Morgan fingerprint density at radius 3 is 2.68 bits per heavy atom. The number of hydrogen-bond donors (Lipinski definition) is 1. The highest BCUT2D eigenvalue weighted by Crippen LogP contribution is 2.18. The van der Waals surface area contributed by atoms with Crippen LogP contribution in [0.3, 0.4) is 0 Å². The summed E-state index contributed by atoms with van der Waals surface area (Å²) in [6.07, 6.45) is 3.20. The van der Waals surface area contributed by atoms with Gasteiger partial charge in [-0.05, 0) is 30.9 Å². The van der Waals surface area contributed by atoms with Crippen molar-refractivity contribution in [1.82, 2.24) is 15.1 Å². The number of rotatable bonds is 6. The normalized spacial score (nSPS) is 13.7. The smallest absolute Gasteiger partial charge is 0.244 e. The third-order valence-electron chi connectivity index (χ3n) is 4.39. The molecule has 1 aromatic rings. The van der Waals surface area contributed by atoms with Crippen LogP contribution in [0.25, 0.3) is 0 Å². The molecule has 0 saturated carbocycles. The molecule has 6 heteroatoms. The van der Waals surface area contributed by atoms with Crippen LogP contribution < -0.4 is 5.32 Å². The molecule has 1 amide bonds. The number of benzene rings is 1. The Balaban J connectivity index is 0.00000312. The van der Waals surface area contributed by atoms with Crippen LogP contribution in [0.4, 0.5) is 0 Å². The average Bonchev–Trinajstić information content (AvgIpc) is 2.62. The number of guanidine groups is 1. The van der Waals surface area contributed by atoms with E-state index in [1.165, 1.54) is 11.1 Å². The lowest BCUT2D eigenvalue weighted by atomic mass is 10.00. The Labute approximate surface area is 168 Å². The van der Waals surface area contributed by atoms with Crippen LogP contribution in [-0.2, 0) is 17.8 Å². The topological polar surface area (TPSA) is 47.9 Å². The van der Waals surface area contributed by atoms with Crippen molar-refractivity contribution in [1.29, 1.82) is 0 Å². The van der Waals surface area contributed by atoms with Crippen molar-refractivity contribution in [2.45, 2.75) is 39.7 Å². The first-order valence-electron chi connectivity index (χ1n) is 8.99. The van der Waals surface area contributed by atoms with Gasteiger partial charge in [0.15, 0.2) is 5.96 Å². The second kappa shape index (κ2) is 11.3. The zero-order chi connectivity index (χ0) is 17.4. The molecule has 0 bridgehead atoms. The summed E-state index contributed by atoms with van der Waals surface area (Å²) in [5.41, 5.74) is 2.62. The number of halogens is 1. The molecule has 5 nitrogen and oxygen atoms in total. The van der Waals surface area contributed by atoms with Gasteiger partial charge in [0.05, 0.1) is 0 Å². The number of amides is 1. The summed E-state index contributed by atoms with van der Waals surface area (Å²) in [6.45, 7) is 7.68. The largest absolute Gasteiger partial charge is 0.357 e. The van der Waals surface area contributed by atoms with Crippen molar-refractivity contribution < 1.29 is 4.79 Å². The average molecular weight is 458 g/mol. The Hall–Kier alpha value is -1.31. The Morgan fingerprint density at radius 2 is 2.00 bits per heavy atom. The van der Waals surface area contributed by atoms with Crippen LogP contribution in [0.15, 0.2) is 29.3 Å². The van der Waals surface area contributed by atoms with Crippen LogP contribution >= 0.6 is 24.0 Å². The molecule has 0 aromatic heterocycles. The molecular formula is C19H31IN4O. The quantitative estimate of drug-likeness (QED) is 0.405. The Kier molecular flexibility index (Phi) is 9.85. The van der Waals surface area contributed by atoms with E-state index in [0.717, 1.165) is 44.9 Å². The molecule has 0 atom stereocenters. The van der Waals surface area contributed by atoms with Crippen molar-refractivity contribution in [2.24, 2.45) is 4.99 Å². The summed E-state index contributed by atoms with van der Waals surface area (Å²) in [4.78, 5) is 21.1. The fraction of sp³-hybridized carbons (Fsp3) is 0.579. The number of hydrogen-bond acceptors (Lipinski definition) is 2. The second-order valence-corrected chi connectivity index (χ2v) is 6.28. The molecule has 1 aliphatic rings. The SMILES string of the molecule is CCCCN(C)C(=NCC(=O)N1CCc2ccccc2C1)NCC.I. The van der Waals surface area contributed by atoms with E-state index in [1.54, 1.807) is 0 Å². The fourth-order valence-corrected chi connectivity index (χ4v) is 2.92. The molecule has 1 N–H and O–H groups in total. The van der Waals surface area contributed by atoms with E-state index in [2.05, 4.69) is 40.3 Å². The van der Waals surface area contributed by atoms with Crippen molar-refractivity contribution >= 4 is 35.8 Å².